The lowest BCUT2D eigenvalue weighted by Crippen LogP contribution is -2.49. The molecule has 0 atom stereocenters. The number of carbonyl (C=O) groups is 2. The Morgan fingerprint density at radius 3 is 2.42 bits per heavy atom. The maximum atomic E-state index is 14.3. The number of fused-ring (bicyclic) bond motifs is 1. The summed E-state index contributed by atoms with van der Waals surface area (Å²) in [6, 6.07) is 22.4. The molecule has 202 valence electrons. The molecule has 10 heteroatoms. The number of ether oxygens (including phenoxy) is 1. The third-order valence-corrected chi connectivity index (χ3v) is 6.91. The summed E-state index contributed by atoms with van der Waals surface area (Å²) in [5.74, 6) is -0.0830. The van der Waals surface area contributed by atoms with Crippen molar-refractivity contribution >= 4 is 34.2 Å². The number of nitrogens with one attached hydrogen (secondary N) is 1. The molecule has 0 aliphatic carbocycles. The van der Waals surface area contributed by atoms with Gasteiger partial charge in [0, 0.05) is 43.2 Å². The van der Waals surface area contributed by atoms with Crippen molar-refractivity contribution in [1.82, 2.24) is 10.1 Å². The van der Waals surface area contributed by atoms with Crippen molar-refractivity contribution < 1.29 is 27.7 Å². The van der Waals surface area contributed by atoms with E-state index in [1.165, 1.54) is 12.1 Å². The average Bonchev–Trinajstić information content (AvgIpc) is 3.63. The van der Waals surface area contributed by atoms with Gasteiger partial charge in [-0.1, -0.05) is 29.4 Å². The Hall–Kier alpha value is -5.12. The average molecular weight is 541 g/mol. The maximum Gasteiger partial charge on any atom is 0.291 e. The van der Waals surface area contributed by atoms with E-state index in [9.17, 15) is 14.0 Å². The molecular formula is C30H25FN4O5. The van der Waals surface area contributed by atoms with Crippen molar-refractivity contribution in [3.63, 3.8) is 0 Å². The fourth-order valence-corrected chi connectivity index (χ4v) is 4.77. The SMILES string of the molecule is COc1ccc(-c2cc(C(=O)Nc3c(C(=O)N4CCN(c5ccccc5F)CC4)oc4ccccc34)no2)cc1. The van der Waals surface area contributed by atoms with Gasteiger partial charge in [0.2, 0.25) is 5.76 Å². The standard InChI is InChI=1S/C30H25FN4O5/c1-38-20-12-10-19(11-13-20)26-18-23(33-40-26)29(36)32-27-21-6-2-5-9-25(21)39-28(27)30(37)35-16-14-34(15-17-35)24-8-4-3-7-22(24)31/h2-13,18H,14-17H2,1H3,(H,32,36). The number of para-hydroxylation sites is 2. The van der Waals surface area contributed by atoms with Crippen molar-refractivity contribution in [2.75, 3.05) is 43.5 Å². The van der Waals surface area contributed by atoms with E-state index >= 15 is 0 Å². The van der Waals surface area contributed by atoms with E-state index in [2.05, 4.69) is 10.5 Å². The first-order chi connectivity index (χ1) is 19.5. The fraction of sp³-hybridized carbons (Fsp3) is 0.167. The van der Waals surface area contributed by atoms with E-state index in [1.54, 1.807) is 78.7 Å². The smallest absolute Gasteiger partial charge is 0.291 e. The molecule has 1 fully saturated rings. The summed E-state index contributed by atoms with van der Waals surface area (Å²) >= 11 is 0. The maximum absolute atomic E-state index is 14.3. The number of piperazine rings is 1. The molecule has 3 aromatic carbocycles. The number of hydrogen-bond acceptors (Lipinski definition) is 7. The Morgan fingerprint density at radius 1 is 0.950 bits per heavy atom. The van der Waals surface area contributed by atoms with Crippen molar-refractivity contribution in [2.24, 2.45) is 0 Å². The lowest BCUT2D eigenvalue weighted by atomic mass is 10.1. The number of nitrogens with zero attached hydrogens (tertiary/aromatic N) is 3. The van der Waals surface area contributed by atoms with Gasteiger partial charge in [-0.15, -0.1) is 0 Å². The number of amides is 2. The predicted octanol–water partition coefficient (Wildman–Crippen LogP) is 5.45. The number of hydrogen-bond donors (Lipinski definition) is 1. The number of anilines is 2. The number of benzene rings is 3. The lowest BCUT2D eigenvalue weighted by Gasteiger charge is -2.35. The van der Waals surface area contributed by atoms with Gasteiger partial charge in [0.25, 0.3) is 11.8 Å². The van der Waals surface area contributed by atoms with Gasteiger partial charge >= 0.3 is 0 Å². The fourth-order valence-electron chi connectivity index (χ4n) is 4.77. The highest BCUT2D eigenvalue weighted by atomic mass is 19.1. The van der Waals surface area contributed by atoms with E-state index in [1.807, 2.05) is 4.90 Å². The summed E-state index contributed by atoms with van der Waals surface area (Å²) in [7, 11) is 1.58. The highest BCUT2D eigenvalue weighted by Gasteiger charge is 2.30. The number of furan rings is 1. The molecule has 1 N–H and O–H groups in total. The van der Waals surface area contributed by atoms with Crippen molar-refractivity contribution in [1.29, 1.82) is 0 Å². The first-order valence-electron chi connectivity index (χ1n) is 12.7. The molecule has 3 heterocycles. The monoisotopic (exact) mass is 540 g/mol. The molecule has 5 aromatic rings. The van der Waals surface area contributed by atoms with E-state index in [-0.39, 0.29) is 28.9 Å². The highest BCUT2D eigenvalue weighted by molar-refractivity contribution is 6.14. The topological polar surface area (TPSA) is 101 Å². The van der Waals surface area contributed by atoms with Crippen LogP contribution in [0.4, 0.5) is 15.8 Å². The van der Waals surface area contributed by atoms with E-state index in [0.29, 0.717) is 54.3 Å². The second-order valence-electron chi connectivity index (χ2n) is 9.29. The van der Waals surface area contributed by atoms with E-state index in [4.69, 9.17) is 13.7 Å². The first kappa shape index (κ1) is 25.2. The van der Waals surface area contributed by atoms with Crippen LogP contribution in [0, 0.1) is 5.82 Å². The second kappa shape index (κ2) is 10.6. The number of aromatic nitrogens is 1. The normalized spacial score (nSPS) is 13.4. The van der Waals surface area contributed by atoms with Gasteiger partial charge in [0.05, 0.1) is 12.8 Å². The van der Waals surface area contributed by atoms with E-state index in [0.717, 1.165) is 5.56 Å². The van der Waals surface area contributed by atoms with Gasteiger partial charge in [0.15, 0.2) is 11.5 Å². The molecule has 1 saturated heterocycles. The molecular weight excluding hydrogens is 515 g/mol. The van der Waals surface area contributed by atoms with Crippen LogP contribution in [0.15, 0.2) is 87.8 Å². The summed E-state index contributed by atoms with van der Waals surface area (Å²) in [6.45, 7) is 1.65. The third-order valence-electron chi connectivity index (χ3n) is 6.91. The Morgan fingerprint density at radius 2 is 1.68 bits per heavy atom. The second-order valence-corrected chi connectivity index (χ2v) is 9.29. The molecule has 6 rings (SSSR count). The van der Waals surface area contributed by atoms with Crippen LogP contribution in [-0.2, 0) is 0 Å². The van der Waals surface area contributed by atoms with Crippen LogP contribution in [0.25, 0.3) is 22.3 Å². The lowest BCUT2D eigenvalue weighted by molar-refractivity contribution is 0.0718. The zero-order valence-electron chi connectivity index (χ0n) is 21.6. The molecule has 0 saturated carbocycles. The Kier molecular flexibility index (Phi) is 6.65. The number of halogens is 1. The van der Waals surface area contributed by atoms with Crippen LogP contribution in [0.5, 0.6) is 5.75 Å². The minimum atomic E-state index is -0.548. The van der Waals surface area contributed by atoms with Crippen LogP contribution in [0.1, 0.15) is 21.0 Å². The molecule has 1 aliphatic heterocycles. The predicted molar refractivity (Wildman–Crippen MR) is 147 cm³/mol. The number of carbonyl (C=O) groups excluding carboxylic acids is 2. The molecule has 9 nitrogen and oxygen atoms in total. The van der Waals surface area contributed by atoms with Crippen molar-refractivity contribution in [3.05, 3.63) is 96.1 Å². The summed E-state index contributed by atoms with van der Waals surface area (Å²) in [5.41, 5.74) is 2.01. The summed E-state index contributed by atoms with van der Waals surface area (Å²) in [5, 5.41) is 7.32. The first-order valence-corrected chi connectivity index (χ1v) is 12.7. The molecule has 2 amide bonds. The zero-order valence-corrected chi connectivity index (χ0v) is 21.6. The van der Waals surface area contributed by atoms with Gasteiger partial charge in [-0.2, -0.15) is 0 Å². The minimum absolute atomic E-state index is 0.0211. The van der Waals surface area contributed by atoms with Crippen LogP contribution >= 0.6 is 0 Å². The van der Waals surface area contributed by atoms with Crippen molar-refractivity contribution in [3.8, 4) is 17.1 Å². The van der Waals surface area contributed by atoms with Gasteiger partial charge < -0.3 is 28.8 Å². The third kappa shape index (κ3) is 4.75. The van der Waals surface area contributed by atoms with E-state index < -0.39 is 5.91 Å². The molecule has 0 bridgehead atoms. The minimum Gasteiger partial charge on any atom is -0.497 e. The van der Waals surface area contributed by atoms with Gasteiger partial charge in [-0.05, 0) is 48.5 Å². The molecule has 2 aromatic heterocycles. The summed E-state index contributed by atoms with van der Waals surface area (Å²) < 4.78 is 30.8. The molecule has 0 unspecified atom stereocenters. The Bertz CT molecular complexity index is 1690. The number of rotatable bonds is 6. The highest BCUT2D eigenvalue weighted by Crippen LogP contribution is 2.33. The summed E-state index contributed by atoms with van der Waals surface area (Å²) in [6.07, 6.45) is 0. The molecule has 0 radical (unpaired) electrons. The van der Waals surface area contributed by atoms with Crippen LogP contribution < -0.4 is 15.0 Å². The molecule has 0 spiro atoms. The number of methoxy groups -OCH3 is 1. The summed E-state index contributed by atoms with van der Waals surface area (Å²) in [4.78, 5) is 30.4. The van der Waals surface area contributed by atoms with Crippen molar-refractivity contribution in [2.45, 2.75) is 0 Å². The Labute approximate surface area is 228 Å². The molecule has 40 heavy (non-hydrogen) atoms. The van der Waals surface area contributed by atoms with Gasteiger partial charge in [-0.25, -0.2) is 4.39 Å². The quantitative estimate of drug-likeness (QED) is 0.306. The zero-order chi connectivity index (χ0) is 27.6. The van der Waals surface area contributed by atoms with Crippen LogP contribution in [0.2, 0.25) is 0 Å². The van der Waals surface area contributed by atoms with Crippen LogP contribution in [-0.4, -0.2) is 55.2 Å². The molecule has 1 aliphatic rings. The largest absolute Gasteiger partial charge is 0.497 e. The van der Waals surface area contributed by atoms with Gasteiger partial charge in [-0.3, -0.25) is 9.59 Å². The Balaban J connectivity index is 1.22. The van der Waals surface area contributed by atoms with Gasteiger partial charge in [0.1, 0.15) is 22.8 Å². The van der Waals surface area contributed by atoms with Crippen LogP contribution in [0.3, 0.4) is 0 Å².